The second-order valence-electron chi connectivity index (χ2n) is 9.56. The molecule has 0 radical (unpaired) electrons. The summed E-state index contributed by atoms with van der Waals surface area (Å²) in [7, 11) is 0. The highest BCUT2D eigenvalue weighted by Crippen LogP contribution is 2.24. The van der Waals surface area contributed by atoms with E-state index in [9.17, 15) is 9.18 Å². The molecule has 6 rings (SSSR count). The standard InChI is InChI=1S/C31H26FN5O2/c1-20-16-24(30-33-14-15-39-30)8-12-28(20)34-31-35-29-13-9-25(19-37(29)36-31)23-6-2-21(3-7-23)17-27(38)18-22-4-10-26(32)11-5-22/h2-13,16,19H,14-15,17-18H2,1H3,(H,34,36). The number of ketones is 1. The molecule has 0 amide bonds. The molecule has 0 bridgehead atoms. The number of aryl methyl sites for hydroxylation is 1. The maximum absolute atomic E-state index is 13.1. The molecule has 0 saturated heterocycles. The van der Waals surface area contributed by atoms with Gasteiger partial charge >= 0.3 is 0 Å². The van der Waals surface area contributed by atoms with E-state index in [1.807, 2.05) is 67.7 Å². The van der Waals surface area contributed by atoms with Crippen molar-refractivity contribution >= 4 is 29.0 Å². The summed E-state index contributed by atoms with van der Waals surface area (Å²) in [6, 6.07) is 23.9. The molecule has 0 aliphatic carbocycles. The first kappa shape index (κ1) is 24.5. The number of Topliss-reactive ketones (excluding diaryl/α,β-unsaturated/α-hetero) is 1. The lowest BCUT2D eigenvalue weighted by atomic mass is 10.0. The van der Waals surface area contributed by atoms with Crippen LogP contribution in [0.2, 0.25) is 0 Å². The summed E-state index contributed by atoms with van der Waals surface area (Å²) in [5.41, 5.74) is 7.40. The Bertz CT molecular complexity index is 1690. The molecule has 0 atom stereocenters. The summed E-state index contributed by atoms with van der Waals surface area (Å²) in [6.07, 6.45) is 2.55. The molecule has 8 heteroatoms. The SMILES string of the molecule is Cc1cc(C2=NCCO2)ccc1Nc1nc2ccc(-c3ccc(CC(=O)Cc4ccc(F)cc4)cc3)cn2n1. The van der Waals surface area contributed by atoms with Gasteiger partial charge in [-0.25, -0.2) is 13.9 Å². The summed E-state index contributed by atoms with van der Waals surface area (Å²) in [5.74, 6) is 0.980. The Labute approximate surface area is 225 Å². The van der Waals surface area contributed by atoms with Crippen molar-refractivity contribution in [3.05, 3.63) is 113 Å². The van der Waals surface area contributed by atoms with Gasteiger partial charge in [-0.15, -0.1) is 5.10 Å². The summed E-state index contributed by atoms with van der Waals surface area (Å²) in [5, 5.41) is 7.93. The largest absolute Gasteiger partial charge is 0.476 e. The first-order chi connectivity index (χ1) is 19.0. The Morgan fingerprint density at radius 2 is 1.62 bits per heavy atom. The molecule has 1 aliphatic rings. The molecule has 0 unspecified atom stereocenters. The van der Waals surface area contributed by atoms with Gasteiger partial charge < -0.3 is 10.1 Å². The zero-order valence-electron chi connectivity index (χ0n) is 21.4. The van der Waals surface area contributed by atoms with Crippen LogP contribution >= 0.6 is 0 Å². The number of benzene rings is 3. The van der Waals surface area contributed by atoms with Gasteiger partial charge in [-0.2, -0.15) is 4.98 Å². The van der Waals surface area contributed by atoms with Gasteiger partial charge in [0, 0.05) is 35.9 Å². The molecule has 194 valence electrons. The summed E-state index contributed by atoms with van der Waals surface area (Å²) in [6.45, 7) is 3.35. The van der Waals surface area contributed by atoms with Crippen LogP contribution < -0.4 is 5.32 Å². The van der Waals surface area contributed by atoms with Gasteiger partial charge in [0.1, 0.15) is 18.2 Å². The Hall–Kier alpha value is -4.85. The molecule has 0 saturated carbocycles. The number of aliphatic imine (C=N–C) groups is 1. The van der Waals surface area contributed by atoms with E-state index >= 15 is 0 Å². The van der Waals surface area contributed by atoms with Crippen LogP contribution in [0, 0.1) is 12.7 Å². The number of halogens is 1. The molecule has 0 fully saturated rings. The van der Waals surface area contributed by atoms with Crippen molar-refractivity contribution in [1.82, 2.24) is 14.6 Å². The average Bonchev–Trinajstić information content (AvgIpc) is 3.61. The minimum absolute atomic E-state index is 0.0870. The van der Waals surface area contributed by atoms with Gasteiger partial charge in [0.05, 0.1) is 6.54 Å². The fourth-order valence-corrected chi connectivity index (χ4v) is 4.61. The number of ether oxygens (including phenoxy) is 1. The first-order valence-corrected chi connectivity index (χ1v) is 12.8. The minimum Gasteiger partial charge on any atom is -0.476 e. The van der Waals surface area contributed by atoms with Crippen molar-refractivity contribution in [3.63, 3.8) is 0 Å². The highest BCUT2D eigenvalue weighted by molar-refractivity contribution is 5.95. The van der Waals surface area contributed by atoms with Crippen molar-refractivity contribution in [1.29, 1.82) is 0 Å². The van der Waals surface area contributed by atoms with Crippen molar-refractivity contribution in [2.75, 3.05) is 18.5 Å². The van der Waals surface area contributed by atoms with Crippen LogP contribution in [-0.4, -0.2) is 39.4 Å². The third kappa shape index (κ3) is 5.55. The number of nitrogens with zero attached hydrogens (tertiary/aromatic N) is 4. The van der Waals surface area contributed by atoms with Crippen LogP contribution in [0.3, 0.4) is 0 Å². The number of anilines is 2. The number of hydrogen-bond donors (Lipinski definition) is 1. The van der Waals surface area contributed by atoms with Crippen LogP contribution in [-0.2, 0) is 22.4 Å². The van der Waals surface area contributed by atoms with Gasteiger partial charge in [-0.3, -0.25) is 4.79 Å². The van der Waals surface area contributed by atoms with E-state index in [1.165, 1.54) is 12.1 Å². The van der Waals surface area contributed by atoms with E-state index in [1.54, 1.807) is 16.6 Å². The summed E-state index contributed by atoms with van der Waals surface area (Å²) < 4.78 is 20.4. The highest BCUT2D eigenvalue weighted by Gasteiger charge is 2.13. The fraction of sp³-hybridized carbons (Fsp3) is 0.161. The molecule has 1 N–H and O–H groups in total. The quantitative estimate of drug-likeness (QED) is 0.284. The molecule has 2 aromatic heterocycles. The average molecular weight is 520 g/mol. The Morgan fingerprint density at radius 3 is 2.31 bits per heavy atom. The molecule has 5 aromatic rings. The molecule has 3 heterocycles. The lowest BCUT2D eigenvalue weighted by Crippen LogP contribution is -2.06. The Morgan fingerprint density at radius 1 is 0.923 bits per heavy atom. The monoisotopic (exact) mass is 519 g/mol. The number of nitrogens with one attached hydrogen (secondary N) is 1. The molecule has 0 spiro atoms. The summed E-state index contributed by atoms with van der Waals surface area (Å²) in [4.78, 5) is 21.5. The van der Waals surface area contributed by atoms with Crippen molar-refractivity contribution in [2.24, 2.45) is 4.99 Å². The first-order valence-electron chi connectivity index (χ1n) is 12.8. The second-order valence-corrected chi connectivity index (χ2v) is 9.56. The van der Waals surface area contributed by atoms with Gasteiger partial charge in [0.15, 0.2) is 5.65 Å². The number of fused-ring (bicyclic) bond motifs is 1. The summed E-state index contributed by atoms with van der Waals surface area (Å²) >= 11 is 0. The van der Waals surface area contributed by atoms with Gasteiger partial charge in [-0.05, 0) is 71.6 Å². The van der Waals surface area contributed by atoms with Crippen LogP contribution in [0.15, 0.2) is 90.1 Å². The van der Waals surface area contributed by atoms with Gasteiger partial charge in [0.2, 0.25) is 11.8 Å². The van der Waals surface area contributed by atoms with E-state index in [0.717, 1.165) is 44.7 Å². The normalized spacial score (nSPS) is 12.8. The minimum atomic E-state index is -0.301. The maximum atomic E-state index is 13.1. The van der Waals surface area contributed by atoms with Gasteiger partial charge in [-0.1, -0.05) is 36.4 Å². The van der Waals surface area contributed by atoms with Gasteiger partial charge in [0.25, 0.3) is 0 Å². The number of hydrogen-bond acceptors (Lipinski definition) is 6. The van der Waals surface area contributed by atoms with E-state index < -0.39 is 0 Å². The van der Waals surface area contributed by atoms with Crippen LogP contribution in [0.25, 0.3) is 16.8 Å². The molecule has 1 aliphatic heterocycles. The van der Waals surface area contributed by atoms with Crippen LogP contribution in [0.5, 0.6) is 0 Å². The number of carbonyl (C=O) groups is 1. The highest BCUT2D eigenvalue weighted by atomic mass is 19.1. The van der Waals surface area contributed by atoms with E-state index in [-0.39, 0.29) is 18.0 Å². The number of rotatable bonds is 8. The Kier molecular flexibility index (Phi) is 6.59. The van der Waals surface area contributed by atoms with Crippen LogP contribution in [0.4, 0.5) is 16.0 Å². The van der Waals surface area contributed by atoms with E-state index in [0.29, 0.717) is 31.4 Å². The molecular formula is C31H26FN5O2. The maximum Gasteiger partial charge on any atom is 0.247 e. The van der Waals surface area contributed by atoms with Crippen molar-refractivity contribution in [3.8, 4) is 11.1 Å². The molecular weight excluding hydrogens is 493 g/mol. The van der Waals surface area contributed by atoms with Crippen LogP contribution in [0.1, 0.15) is 22.3 Å². The zero-order chi connectivity index (χ0) is 26.8. The smallest absolute Gasteiger partial charge is 0.247 e. The number of aromatic nitrogens is 3. The lowest BCUT2D eigenvalue weighted by Gasteiger charge is -2.08. The third-order valence-corrected chi connectivity index (χ3v) is 6.64. The lowest BCUT2D eigenvalue weighted by molar-refractivity contribution is -0.117. The number of carbonyl (C=O) groups excluding carboxylic acids is 1. The van der Waals surface area contributed by atoms with Crippen molar-refractivity contribution in [2.45, 2.75) is 19.8 Å². The molecule has 39 heavy (non-hydrogen) atoms. The Balaban J connectivity index is 1.13. The molecule has 3 aromatic carbocycles. The topological polar surface area (TPSA) is 80.9 Å². The fourth-order valence-electron chi connectivity index (χ4n) is 4.61. The zero-order valence-corrected chi connectivity index (χ0v) is 21.4. The predicted octanol–water partition coefficient (Wildman–Crippen LogP) is 5.72. The molecule has 7 nitrogen and oxygen atoms in total. The second kappa shape index (κ2) is 10.5. The predicted molar refractivity (Wildman–Crippen MR) is 149 cm³/mol. The van der Waals surface area contributed by atoms with Crippen molar-refractivity contribution < 1.29 is 13.9 Å². The third-order valence-electron chi connectivity index (χ3n) is 6.64. The van der Waals surface area contributed by atoms with E-state index in [4.69, 9.17) is 4.74 Å². The van der Waals surface area contributed by atoms with E-state index in [2.05, 4.69) is 20.4 Å². The number of pyridine rings is 1.